The van der Waals surface area contributed by atoms with E-state index in [1.807, 2.05) is 31.2 Å². The third-order valence-corrected chi connectivity index (χ3v) is 6.61. The van der Waals surface area contributed by atoms with Gasteiger partial charge in [0.15, 0.2) is 16.6 Å². The molecule has 0 bridgehead atoms. The van der Waals surface area contributed by atoms with E-state index in [4.69, 9.17) is 26.1 Å². The molecule has 1 fully saturated rings. The van der Waals surface area contributed by atoms with Gasteiger partial charge in [0.05, 0.1) is 23.5 Å². The van der Waals surface area contributed by atoms with Gasteiger partial charge >= 0.3 is 0 Å². The van der Waals surface area contributed by atoms with Crippen LogP contribution in [-0.2, 0) is 7.05 Å². The Labute approximate surface area is 195 Å². The normalized spacial score (nSPS) is 15.0. The van der Waals surface area contributed by atoms with Gasteiger partial charge in [0.1, 0.15) is 11.0 Å². The van der Waals surface area contributed by atoms with Gasteiger partial charge in [-0.25, -0.2) is 9.97 Å². The minimum atomic E-state index is -0.105. The van der Waals surface area contributed by atoms with E-state index in [0.29, 0.717) is 28.4 Å². The van der Waals surface area contributed by atoms with E-state index in [1.54, 1.807) is 17.7 Å². The summed E-state index contributed by atoms with van der Waals surface area (Å²) < 4.78 is 7.60. The third-order valence-electron chi connectivity index (χ3n) is 6.32. The maximum absolute atomic E-state index is 12.7. The fourth-order valence-corrected chi connectivity index (χ4v) is 4.68. The summed E-state index contributed by atoms with van der Waals surface area (Å²) in [5.41, 5.74) is 5.54. The third kappa shape index (κ3) is 4.05. The van der Waals surface area contributed by atoms with E-state index in [2.05, 4.69) is 15.2 Å². The topological polar surface area (TPSA) is 96.4 Å². The van der Waals surface area contributed by atoms with Crippen LogP contribution in [0.25, 0.3) is 22.1 Å². The Morgan fingerprint density at radius 2 is 2.00 bits per heavy atom. The largest absolute Gasteiger partial charge is 0.440 e. The Morgan fingerprint density at radius 1 is 1.21 bits per heavy atom. The number of oxazole rings is 1. The number of aryl methyl sites for hydroxylation is 2. The summed E-state index contributed by atoms with van der Waals surface area (Å²) in [5, 5.41) is 12.5. The van der Waals surface area contributed by atoms with Gasteiger partial charge in [0.2, 0.25) is 0 Å². The molecule has 8 nitrogen and oxygen atoms in total. The van der Waals surface area contributed by atoms with E-state index in [0.717, 1.165) is 54.2 Å². The van der Waals surface area contributed by atoms with Crippen LogP contribution >= 0.6 is 11.6 Å². The van der Waals surface area contributed by atoms with Crippen LogP contribution in [0.4, 0.5) is 11.4 Å². The molecule has 0 saturated carbocycles. The maximum atomic E-state index is 12.7. The van der Waals surface area contributed by atoms with Gasteiger partial charge in [-0.2, -0.15) is 0 Å². The summed E-state index contributed by atoms with van der Waals surface area (Å²) in [6.07, 6.45) is 1.73. The smallest absolute Gasteiger partial charge is 0.252 e. The molecule has 0 aliphatic carbocycles. The summed E-state index contributed by atoms with van der Waals surface area (Å²) in [6, 6.07) is 9.50. The first-order valence-electron chi connectivity index (χ1n) is 11.1. The van der Waals surface area contributed by atoms with Crippen LogP contribution in [0.1, 0.15) is 30.2 Å². The second-order valence-electron chi connectivity index (χ2n) is 8.56. The highest BCUT2D eigenvalue weighted by atomic mass is 35.5. The highest BCUT2D eigenvalue weighted by molar-refractivity contribution is 6.32. The lowest BCUT2D eigenvalue weighted by molar-refractivity contribution is 0.311. The van der Waals surface area contributed by atoms with Crippen molar-refractivity contribution in [2.75, 3.05) is 36.5 Å². The fourth-order valence-electron chi connectivity index (χ4n) is 4.48. The maximum Gasteiger partial charge on any atom is 0.252 e. The first-order chi connectivity index (χ1) is 15.9. The number of anilines is 2. The van der Waals surface area contributed by atoms with E-state index >= 15 is 0 Å². The number of hydrogen-bond acceptors (Lipinski definition) is 7. The molecule has 172 valence electrons. The van der Waals surface area contributed by atoms with E-state index in [9.17, 15) is 4.79 Å². The van der Waals surface area contributed by atoms with E-state index in [-0.39, 0.29) is 18.1 Å². The minimum Gasteiger partial charge on any atom is -0.440 e. The molecule has 4 aromatic rings. The number of pyridine rings is 2. The van der Waals surface area contributed by atoms with Crippen molar-refractivity contribution >= 4 is 45.1 Å². The Morgan fingerprint density at radius 3 is 2.76 bits per heavy atom. The zero-order chi connectivity index (χ0) is 23.1. The molecule has 33 heavy (non-hydrogen) atoms. The number of rotatable bonds is 5. The molecule has 4 heterocycles. The summed E-state index contributed by atoms with van der Waals surface area (Å²) in [5.74, 6) is 1.02. The van der Waals surface area contributed by atoms with Crippen LogP contribution in [0, 0.1) is 6.92 Å². The van der Waals surface area contributed by atoms with E-state index < -0.39 is 0 Å². The lowest BCUT2D eigenvalue weighted by Crippen LogP contribution is -2.34. The fraction of sp³-hybridized carbons (Fsp3) is 0.375. The van der Waals surface area contributed by atoms with Crippen molar-refractivity contribution in [3.8, 4) is 0 Å². The second kappa shape index (κ2) is 8.68. The molecule has 2 N–H and O–H groups in total. The monoisotopic (exact) mass is 467 g/mol. The number of nitrogens with zero attached hydrogens (tertiary/aromatic N) is 4. The zero-order valence-electron chi connectivity index (χ0n) is 18.6. The Hall–Kier alpha value is -3.10. The highest BCUT2D eigenvalue weighted by Crippen LogP contribution is 2.35. The molecule has 1 aromatic carbocycles. The van der Waals surface area contributed by atoms with Crippen molar-refractivity contribution in [3.05, 3.63) is 57.3 Å². The number of hydrogen-bond donors (Lipinski definition) is 2. The SMILES string of the molecule is Cc1ccc2oc(C3CCN(c4cc(=O)n(C)c5cc(NCCO)c(Cl)nc45)CC3)nc2c1. The molecule has 0 unspecified atom stereocenters. The minimum absolute atomic E-state index is 0.0258. The van der Waals surface area contributed by atoms with Gasteiger partial charge in [0.25, 0.3) is 5.56 Å². The molecule has 0 spiro atoms. The molecular formula is C24H26ClN5O3. The molecule has 0 amide bonds. The van der Waals surface area contributed by atoms with Gasteiger partial charge in [-0.15, -0.1) is 0 Å². The average Bonchev–Trinajstić information content (AvgIpc) is 3.24. The van der Waals surface area contributed by atoms with Crippen LogP contribution in [-0.4, -0.2) is 45.9 Å². The van der Waals surface area contributed by atoms with Crippen molar-refractivity contribution in [2.45, 2.75) is 25.7 Å². The van der Waals surface area contributed by atoms with Crippen LogP contribution in [0.3, 0.4) is 0 Å². The predicted molar refractivity (Wildman–Crippen MR) is 131 cm³/mol. The Balaban J connectivity index is 1.43. The van der Waals surface area contributed by atoms with Crippen molar-refractivity contribution in [1.29, 1.82) is 0 Å². The second-order valence-corrected chi connectivity index (χ2v) is 8.91. The van der Waals surface area contributed by atoms with Crippen LogP contribution in [0.2, 0.25) is 5.15 Å². The molecule has 1 aliphatic heterocycles. The van der Waals surface area contributed by atoms with Crippen LogP contribution in [0.5, 0.6) is 0 Å². The van der Waals surface area contributed by atoms with E-state index in [1.165, 1.54) is 0 Å². The number of aliphatic hydroxyl groups excluding tert-OH is 1. The molecule has 1 aliphatic rings. The molecule has 5 rings (SSSR count). The van der Waals surface area contributed by atoms with Gasteiger partial charge in [-0.05, 0) is 43.5 Å². The van der Waals surface area contributed by atoms with Gasteiger partial charge < -0.3 is 24.3 Å². The Kier molecular flexibility index (Phi) is 5.72. The molecule has 0 atom stereocenters. The molecule has 9 heteroatoms. The van der Waals surface area contributed by atoms with Crippen LogP contribution < -0.4 is 15.8 Å². The van der Waals surface area contributed by atoms with Gasteiger partial charge in [0, 0.05) is 38.7 Å². The highest BCUT2D eigenvalue weighted by Gasteiger charge is 2.27. The lowest BCUT2D eigenvalue weighted by atomic mass is 9.96. The summed E-state index contributed by atoms with van der Waals surface area (Å²) in [4.78, 5) is 24.2. The Bertz CT molecular complexity index is 1390. The number of halogens is 1. The number of benzene rings is 1. The zero-order valence-corrected chi connectivity index (χ0v) is 19.4. The number of aromatic nitrogens is 3. The van der Waals surface area contributed by atoms with Gasteiger partial charge in [-0.3, -0.25) is 4.79 Å². The number of aliphatic hydroxyl groups is 1. The first-order valence-corrected chi connectivity index (χ1v) is 11.5. The standard InChI is InChI=1S/C24H26ClN5O3/c1-14-3-4-20-16(11-14)27-24(33-20)15-5-8-30(9-6-15)19-13-21(32)29(2)18-12-17(26-7-10-31)23(25)28-22(18)19/h3-4,11-13,15,26,31H,5-10H2,1-2H3. The van der Waals surface area contributed by atoms with Gasteiger partial charge in [-0.1, -0.05) is 17.7 Å². The van der Waals surface area contributed by atoms with Crippen molar-refractivity contribution < 1.29 is 9.52 Å². The predicted octanol–water partition coefficient (Wildman–Crippen LogP) is 3.82. The van der Waals surface area contributed by atoms with Crippen molar-refractivity contribution in [1.82, 2.24) is 14.5 Å². The first kappa shape index (κ1) is 21.7. The molecular weight excluding hydrogens is 442 g/mol. The van der Waals surface area contributed by atoms with Crippen molar-refractivity contribution in [2.24, 2.45) is 7.05 Å². The van der Waals surface area contributed by atoms with Crippen molar-refractivity contribution in [3.63, 3.8) is 0 Å². The molecule has 0 radical (unpaired) electrons. The lowest BCUT2D eigenvalue weighted by Gasteiger charge is -2.33. The molecule has 3 aromatic heterocycles. The number of fused-ring (bicyclic) bond motifs is 2. The number of piperidine rings is 1. The molecule has 1 saturated heterocycles. The summed E-state index contributed by atoms with van der Waals surface area (Å²) in [7, 11) is 1.72. The summed E-state index contributed by atoms with van der Waals surface area (Å²) >= 11 is 6.41. The van der Waals surface area contributed by atoms with Crippen LogP contribution in [0.15, 0.2) is 39.5 Å². The average molecular weight is 468 g/mol. The summed E-state index contributed by atoms with van der Waals surface area (Å²) in [6.45, 7) is 3.89. The quantitative estimate of drug-likeness (QED) is 0.430. The number of nitrogens with one attached hydrogen (secondary N) is 1.